The number of piperazine rings is 1. The summed E-state index contributed by atoms with van der Waals surface area (Å²) >= 11 is 0. The maximum atomic E-state index is 12.6. The summed E-state index contributed by atoms with van der Waals surface area (Å²) in [6.07, 6.45) is 0.977. The smallest absolute Gasteiger partial charge is 0.251 e. The van der Waals surface area contributed by atoms with Crippen molar-refractivity contribution in [3.63, 3.8) is 0 Å². The number of nitrogens with zero attached hydrogens (tertiary/aromatic N) is 3. The maximum Gasteiger partial charge on any atom is 0.251 e. The number of benzene rings is 2. The molecule has 2 aliphatic heterocycles. The van der Waals surface area contributed by atoms with Crippen molar-refractivity contribution in [3.05, 3.63) is 65.7 Å². The first-order valence-electron chi connectivity index (χ1n) is 11.5. The van der Waals surface area contributed by atoms with Crippen molar-refractivity contribution in [2.24, 2.45) is 0 Å². The highest BCUT2D eigenvalue weighted by atomic mass is 16.5. The molecule has 0 unspecified atom stereocenters. The van der Waals surface area contributed by atoms with Crippen molar-refractivity contribution in [2.45, 2.75) is 13.0 Å². The third-order valence-corrected chi connectivity index (χ3v) is 6.13. The van der Waals surface area contributed by atoms with Crippen LogP contribution in [-0.4, -0.2) is 81.3 Å². The molecule has 2 aromatic rings. The summed E-state index contributed by atoms with van der Waals surface area (Å²) in [7, 11) is 0. The number of nitrogens with one attached hydrogen (secondary N) is 1. The third kappa shape index (κ3) is 6.53. The number of para-hydroxylation sites is 1. The molecule has 0 atom stereocenters. The number of amides is 1. The second kappa shape index (κ2) is 11.3. The van der Waals surface area contributed by atoms with Gasteiger partial charge >= 0.3 is 0 Å². The van der Waals surface area contributed by atoms with Gasteiger partial charge in [0.15, 0.2) is 0 Å². The molecule has 1 N–H and O–H groups in total. The predicted octanol–water partition coefficient (Wildman–Crippen LogP) is 2.46. The fraction of sp³-hybridized carbons (Fsp3) is 0.480. The van der Waals surface area contributed by atoms with Gasteiger partial charge in [-0.25, -0.2) is 0 Å². The normalized spacial score (nSPS) is 18.1. The Labute approximate surface area is 185 Å². The zero-order valence-electron chi connectivity index (χ0n) is 18.3. The Morgan fingerprint density at radius 1 is 0.871 bits per heavy atom. The highest BCUT2D eigenvalue weighted by Crippen LogP contribution is 2.15. The van der Waals surface area contributed by atoms with Crippen molar-refractivity contribution < 1.29 is 9.53 Å². The zero-order chi connectivity index (χ0) is 21.3. The summed E-state index contributed by atoms with van der Waals surface area (Å²) in [4.78, 5) is 19.9. The number of hydrogen-bond donors (Lipinski definition) is 1. The minimum absolute atomic E-state index is 0.0257. The molecule has 6 heteroatoms. The summed E-state index contributed by atoms with van der Waals surface area (Å²) in [5.41, 5.74) is 3.25. The molecule has 166 valence electrons. The van der Waals surface area contributed by atoms with Gasteiger partial charge in [-0.15, -0.1) is 0 Å². The number of hydrogen-bond acceptors (Lipinski definition) is 5. The molecule has 2 fully saturated rings. The van der Waals surface area contributed by atoms with Gasteiger partial charge in [0.05, 0.1) is 13.2 Å². The van der Waals surface area contributed by atoms with Crippen LogP contribution in [0.15, 0.2) is 54.6 Å². The van der Waals surface area contributed by atoms with Gasteiger partial charge in [0.2, 0.25) is 0 Å². The zero-order valence-corrected chi connectivity index (χ0v) is 18.3. The van der Waals surface area contributed by atoms with Crippen LogP contribution in [0.1, 0.15) is 22.3 Å². The monoisotopic (exact) mass is 422 g/mol. The van der Waals surface area contributed by atoms with Crippen LogP contribution in [0, 0.1) is 0 Å². The Morgan fingerprint density at radius 2 is 1.65 bits per heavy atom. The summed E-state index contributed by atoms with van der Waals surface area (Å²) in [6, 6.07) is 18.6. The van der Waals surface area contributed by atoms with Gasteiger partial charge in [-0.2, -0.15) is 0 Å². The molecule has 0 saturated carbocycles. The lowest BCUT2D eigenvalue weighted by Crippen LogP contribution is -2.47. The van der Waals surface area contributed by atoms with E-state index >= 15 is 0 Å². The van der Waals surface area contributed by atoms with Crippen molar-refractivity contribution in [3.8, 4) is 0 Å². The van der Waals surface area contributed by atoms with Gasteiger partial charge in [-0.05, 0) is 42.8 Å². The standard InChI is InChI=1S/C25H34N4O2/c30-25(23-7-4-6-22(20-23)21-28-16-18-31-19-17-28)26-10-5-11-27-12-14-29(15-13-27)24-8-2-1-3-9-24/h1-4,6-9,20H,5,10-19,21H2,(H,26,30). The maximum absolute atomic E-state index is 12.6. The lowest BCUT2D eigenvalue weighted by atomic mass is 10.1. The highest BCUT2D eigenvalue weighted by molar-refractivity contribution is 5.94. The Kier molecular flexibility index (Phi) is 7.93. The molecule has 2 aliphatic rings. The van der Waals surface area contributed by atoms with E-state index in [1.807, 2.05) is 18.2 Å². The van der Waals surface area contributed by atoms with Crippen molar-refractivity contribution in [2.75, 3.05) is 70.5 Å². The van der Waals surface area contributed by atoms with Gasteiger partial charge in [0, 0.05) is 63.6 Å². The first kappa shape index (κ1) is 21.8. The Balaban J connectivity index is 1.15. The fourth-order valence-corrected chi connectivity index (χ4v) is 4.30. The fourth-order valence-electron chi connectivity index (χ4n) is 4.30. The molecular weight excluding hydrogens is 388 g/mol. The van der Waals surface area contributed by atoms with Gasteiger partial charge < -0.3 is 15.0 Å². The van der Waals surface area contributed by atoms with Crippen molar-refractivity contribution in [1.29, 1.82) is 0 Å². The SMILES string of the molecule is O=C(NCCCN1CCN(c2ccccc2)CC1)c1cccc(CN2CCOCC2)c1. The molecule has 2 heterocycles. The summed E-state index contributed by atoms with van der Waals surface area (Å²) in [5.74, 6) is 0.0257. The van der Waals surface area contributed by atoms with E-state index in [0.29, 0.717) is 6.54 Å². The van der Waals surface area contributed by atoms with Crippen LogP contribution in [-0.2, 0) is 11.3 Å². The summed E-state index contributed by atoms with van der Waals surface area (Å²) in [5, 5.41) is 3.09. The molecule has 6 nitrogen and oxygen atoms in total. The molecule has 4 rings (SSSR count). The molecule has 1 amide bonds. The van der Waals surface area contributed by atoms with Crippen molar-refractivity contribution >= 4 is 11.6 Å². The molecule has 31 heavy (non-hydrogen) atoms. The number of morpholine rings is 1. The first-order valence-corrected chi connectivity index (χ1v) is 11.5. The number of rotatable bonds is 8. The lowest BCUT2D eigenvalue weighted by Gasteiger charge is -2.36. The van der Waals surface area contributed by atoms with Gasteiger partial charge in [-0.3, -0.25) is 14.6 Å². The number of ether oxygens (including phenoxy) is 1. The Morgan fingerprint density at radius 3 is 2.42 bits per heavy atom. The van der Waals surface area contributed by atoms with Gasteiger partial charge in [0.25, 0.3) is 5.91 Å². The molecule has 0 aromatic heterocycles. The molecule has 0 bridgehead atoms. The lowest BCUT2D eigenvalue weighted by molar-refractivity contribution is 0.0342. The number of anilines is 1. The minimum atomic E-state index is 0.0257. The van der Waals surface area contributed by atoms with Crippen LogP contribution in [0.4, 0.5) is 5.69 Å². The predicted molar refractivity (Wildman–Crippen MR) is 125 cm³/mol. The van der Waals surface area contributed by atoms with E-state index in [1.54, 1.807) is 0 Å². The minimum Gasteiger partial charge on any atom is -0.379 e. The molecule has 2 aromatic carbocycles. The van der Waals surface area contributed by atoms with E-state index in [-0.39, 0.29) is 5.91 Å². The Bertz CT molecular complexity index is 815. The van der Waals surface area contributed by atoms with E-state index < -0.39 is 0 Å². The van der Waals surface area contributed by atoms with Crippen LogP contribution >= 0.6 is 0 Å². The molecule has 0 aliphatic carbocycles. The largest absolute Gasteiger partial charge is 0.379 e. The highest BCUT2D eigenvalue weighted by Gasteiger charge is 2.17. The van der Waals surface area contributed by atoms with E-state index in [0.717, 1.165) is 77.6 Å². The second-order valence-corrected chi connectivity index (χ2v) is 8.36. The van der Waals surface area contributed by atoms with Crippen molar-refractivity contribution in [1.82, 2.24) is 15.1 Å². The average Bonchev–Trinajstić information content (AvgIpc) is 2.83. The van der Waals surface area contributed by atoms with E-state index in [9.17, 15) is 4.79 Å². The average molecular weight is 423 g/mol. The van der Waals surface area contributed by atoms with Crippen LogP contribution in [0.25, 0.3) is 0 Å². The van der Waals surface area contributed by atoms with E-state index in [1.165, 1.54) is 11.3 Å². The van der Waals surface area contributed by atoms with E-state index in [2.05, 4.69) is 56.4 Å². The van der Waals surface area contributed by atoms with Gasteiger partial charge in [-0.1, -0.05) is 30.3 Å². The van der Waals surface area contributed by atoms with Crippen LogP contribution in [0.5, 0.6) is 0 Å². The van der Waals surface area contributed by atoms with E-state index in [4.69, 9.17) is 4.74 Å². The molecule has 0 spiro atoms. The summed E-state index contributed by atoms with van der Waals surface area (Å²) in [6.45, 7) is 10.4. The topological polar surface area (TPSA) is 48.1 Å². The number of carbonyl (C=O) groups is 1. The quantitative estimate of drug-likeness (QED) is 0.663. The molecular formula is C25H34N4O2. The van der Waals surface area contributed by atoms with Crippen LogP contribution < -0.4 is 10.2 Å². The molecule has 0 radical (unpaired) electrons. The van der Waals surface area contributed by atoms with Crippen LogP contribution in [0.3, 0.4) is 0 Å². The number of carbonyl (C=O) groups excluding carboxylic acids is 1. The summed E-state index contributed by atoms with van der Waals surface area (Å²) < 4.78 is 5.41. The molecule has 2 saturated heterocycles. The third-order valence-electron chi connectivity index (χ3n) is 6.13. The first-order chi connectivity index (χ1) is 15.3. The Hall–Kier alpha value is -2.41. The van der Waals surface area contributed by atoms with Crippen LogP contribution in [0.2, 0.25) is 0 Å². The second-order valence-electron chi connectivity index (χ2n) is 8.36. The van der Waals surface area contributed by atoms with Gasteiger partial charge in [0.1, 0.15) is 0 Å².